The Morgan fingerprint density at radius 1 is 0.958 bits per heavy atom. The molecule has 3 aromatic rings. The van der Waals surface area contributed by atoms with Gasteiger partial charge in [-0.05, 0) is 49.6 Å². The Kier molecular flexibility index (Phi) is 4.10. The van der Waals surface area contributed by atoms with Gasteiger partial charge in [0.15, 0.2) is 17.0 Å². The van der Waals surface area contributed by atoms with Gasteiger partial charge in [-0.2, -0.15) is 0 Å². The summed E-state index contributed by atoms with van der Waals surface area (Å²) >= 11 is 1.40. The van der Waals surface area contributed by atoms with E-state index in [4.69, 9.17) is 0 Å². The van der Waals surface area contributed by atoms with E-state index < -0.39 is 0 Å². The van der Waals surface area contributed by atoms with Crippen molar-refractivity contribution in [2.45, 2.75) is 33.6 Å². The minimum absolute atomic E-state index is 0.0844. The van der Waals surface area contributed by atoms with E-state index in [-0.39, 0.29) is 17.0 Å². The third-order valence-electron chi connectivity index (χ3n) is 4.26. The summed E-state index contributed by atoms with van der Waals surface area (Å²) in [6.45, 7) is 7.04. The third kappa shape index (κ3) is 2.57. The van der Waals surface area contributed by atoms with Gasteiger partial charge in [-0.15, -0.1) is 11.3 Å². The van der Waals surface area contributed by atoms with Crippen molar-refractivity contribution in [2.24, 2.45) is 0 Å². The summed E-state index contributed by atoms with van der Waals surface area (Å²) in [5.41, 5.74) is 1.76. The van der Waals surface area contributed by atoms with E-state index in [2.05, 4.69) is 13.8 Å². The van der Waals surface area contributed by atoms with Gasteiger partial charge >= 0.3 is 0 Å². The fraction of sp³-hybridized carbons (Fsp3) is 0.250. The van der Waals surface area contributed by atoms with Gasteiger partial charge in [0.25, 0.3) is 0 Å². The lowest BCUT2D eigenvalue weighted by molar-refractivity contribution is 0.0982. The predicted octanol–water partition coefficient (Wildman–Crippen LogP) is 4.94. The van der Waals surface area contributed by atoms with Crippen LogP contribution >= 0.6 is 11.3 Å². The highest BCUT2D eigenvalue weighted by Gasteiger charge is 2.18. The van der Waals surface area contributed by atoms with Crippen LogP contribution in [-0.2, 0) is 0 Å². The third-order valence-corrected chi connectivity index (χ3v) is 5.46. The van der Waals surface area contributed by atoms with Crippen LogP contribution in [0.1, 0.15) is 59.9 Å². The van der Waals surface area contributed by atoms with E-state index in [9.17, 15) is 14.4 Å². The second-order valence-electron chi connectivity index (χ2n) is 6.32. The molecule has 1 aromatic heterocycles. The van der Waals surface area contributed by atoms with Crippen molar-refractivity contribution in [1.82, 2.24) is 0 Å². The van der Waals surface area contributed by atoms with E-state index in [1.54, 1.807) is 12.1 Å². The van der Waals surface area contributed by atoms with Crippen LogP contribution in [0, 0.1) is 0 Å². The summed E-state index contributed by atoms with van der Waals surface area (Å²) < 4.78 is 1.44. The predicted molar refractivity (Wildman–Crippen MR) is 99.7 cm³/mol. The molecule has 0 aliphatic carbocycles. The second-order valence-corrected chi connectivity index (χ2v) is 7.37. The Bertz CT molecular complexity index is 1060. The summed E-state index contributed by atoms with van der Waals surface area (Å²) in [6, 6.07) is 9.13. The van der Waals surface area contributed by atoms with Gasteiger partial charge in [0.2, 0.25) is 0 Å². The maximum atomic E-state index is 12.9. The Labute approximate surface area is 143 Å². The minimum Gasteiger partial charge on any atom is -0.294 e. The fourth-order valence-corrected chi connectivity index (χ4v) is 4.18. The minimum atomic E-state index is -0.195. The highest BCUT2D eigenvalue weighted by Crippen LogP contribution is 2.31. The van der Waals surface area contributed by atoms with Crippen molar-refractivity contribution in [3.8, 4) is 0 Å². The van der Waals surface area contributed by atoms with E-state index >= 15 is 0 Å². The first-order valence-electron chi connectivity index (χ1n) is 7.86. The van der Waals surface area contributed by atoms with Crippen LogP contribution in [0.2, 0.25) is 0 Å². The van der Waals surface area contributed by atoms with Crippen LogP contribution in [0.25, 0.3) is 20.2 Å². The molecule has 0 bridgehead atoms. The first-order chi connectivity index (χ1) is 11.3. The van der Waals surface area contributed by atoms with E-state index in [0.29, 0.717) is 32.5 Å². The molecule has 0 aliphatic rings. The zero-order chi connectivity index (χ0) is 17.6. The van der Waals surface area contributed by atoms with Crippen LogP contribution in [0.4, 0.5) is 0 Å². The lowest BCUT2D eigenvalue weighted by Gasteiger charge is -2.10. The standard InChI is InChI=1S/C20H18O3S/c1-10(2)13-5-8-17-16(9-13)19(23)15-7-6-14(11(3)21)18(12(4)22)20(15)24-17/h5-10H,1-4H3. The van der Waals surface area contributed by atoms with Crippen molar-refractivity contribution in [2.75, 3.05) is 0 Å². The van der Waals surface area contributed by atoms with E-state index in [1.807, 2.05) is 18.2 Å². The Morgan fingerprint density at radius 2 is 1.67 bits per heavy atom. The number of rotatable bonds is 3. The molecule has 24 heavy (non-hydrogen) atoms. The van der Waals surface area contributed by atoms with Gasteiger partial charge in [0.1, 0.15) is 0 Å². The second kappa shape index (κ2) is 5.95. The topological polar surface area (TPSA) is 51.2 Å². The van der Waals surface area contributed by atoms with E-state index in [0.717, 1.165) is 10.3 Å². The van der Waals surface area contributed by atoms with Crippen LogP contribution in [0.15, 0.2) is 35.1 Å². The first-order valence-corrected chi connectivity index (χ1v) is 8.68. The maximum absolute atomic E-state index is 12.9. The van der Waals surface area contributed by atoms with Crippen LogP contribution < -0.4 is 5.43 Å². The molecule has 3 rings (SSSR count). The Balaban J connectivity index is 2.49. The quantitative estimate of drug-likeness (QED) is 0.502. The molecule has 4 heteroatoms. The molecule has 0 unspecified atom stereocenters. The molecular weight excluding hydrogens is 320 g/mol. The SMILES string of the molecule is CC(=O)c1ccc2c(=O)c3cc(C(C)C)ccc3sc2c1C(C)=O. The Hall–Kier alpha value is -2.33. The maximum Gasteiger partial charge on any atom is 0.195 e. The van der Waals surface area contributed by atoms with Gasteiger partial charge in [0.05, 0.1) is 4.70 Å². The average Bonchev–Trinajstić information content (AvgIpc) is 2.53. The molecule has 0 atom stereocenters. The summed E-state index contributed by atoms with van der Waals surface area (Å²) in [6.07, 6.45) is 0. The zero-order valence-electron chi connectivity index (χ0n) is 14.1. The smallest absolute Gasteiger partial charge is 0.195 e. The van der Waals surface area contributed by atoms with Gasteiger partial charge in [-0.3, -0.25) is 14.4 Å². The fourth-order valence-electron chi connectivity index (χ4n) is 2.94. The van der Waals surface area contributed by atoms with Crippen LogP contribution in [0.3, 0.4) is 0 Å². The number of fused-ring (bicyclic) bond motifs is 2. The van der Waals surface area contributed by atoms with E-state index in [1.165, 1.54) is 25.2 Å². The number of benzene rings is 2. The highest BCUT2D eigenvalue weighted by molar-refractivity contribution is 7.25. The summed E-state index contributed by atoms with van der Waals surface area (Å²) in [7, 11) is 0. The average molecular weight is 338 g/mol. The molecule has 0 aliphatic heterocycles. The molecule has 0 amide bonds. The Morgan fingerprint density at radius 3 is 2.25 bits per heavy atom. The molecular formula is C20H18O3S. The lowest BCUT2D eigenvalue weighted by Crippen LogP contribution is -2.09. The molecule has 122 valence electrons. The molecule has 0 radical (unpaired) electrons. The molecule has 1 heterocycles. The van der Waals surface area contributed by atoms with Crippen LogP contribution in [0.5, 0.6) is 0 Å². The number of Topliss-reactive ketones (excluding diaryl/α,β-unsaturated/α-hetero) is 2. The van der Waals surface area contributed by atoms with Gasteiger partial charge in [-0.25, -0.2) is 0 Å². The molecule has 0 saturated carbocycles. The molecule has 0 N–H and O–H groups in total. The number of hydrogen-bond acceptors (Lipinski definition) is 4. The molecule has 3 nitrogen and oxygen atoms in total. The number of carbonyl (C=O) groups excluding carboxylic acids is 2. The van der Waals surface area contributed by atoms with Gasteiger partial charge in [-0.1, -0.05) is 19.9 Å². The van der Waals surface area contributed by atoms with Crippen molar-refractivity contribution in [3.05, 3.63) is 57.2 Å². The van der Waals surface area contributed by atoms with Gasteiger partial charge in [0, 0.05) is 26.6 Å². The largest absolute Gasteiger partial charge is 0.294 e. The summed E-state index contributed by atoms with van der Waals surface area (Å²) in [5, 5.41) is 1.17. The van der Waals surface area contributed by atoms with Crippen molar-refractivity contribution >= 4 is 43.1 Å². The molecule has 0 fully saturated rings. The zero-order valence-corrected chi connectivity index (χ0v) is 14.9. The van der Waals surface area contributed by atoms with Crippen molar-refractivity contribution < 1.29 is 9.59 Å². The first kappa shape index (κ1) is 16.5. The molecule has 0 saturated heterocycles. The lowest BCUT2D eigenvalue weighted by atomic mass is 9.98. The number of carbonyl (C=O) groups is 2. The number of ketones is 2. The highest BCUT2D eigenvalue weighted by atomic mass is 32.1. The van der Waals surface area contributed by atoms with Crippen molar-refractivity contribution in [3.63, 3.8) is 0 Å². The van der Waals surface area contributed by atoms with Crippen LogP contribution in [-0.4, -0.2) is 11.6 Å². The summed E-state index contributed by atoms with van der Waals surface area (Å²) in [4.78, 5) is 36.9. The summed E-state index contributed by atoms with van der Waals surface area (Å²) in [5.74, 6) is -0.0287. The molecule has 2 aromatic carbocycles. The van der Waals surface area contributed by atoms with Crippen molar-refractivity contribution in [1.29, 1.82) is 0 Å². The van der Waals surface area contributed by atoms with Gasteiger partial charge < -0.3 is 0 Å². The molecule has 0 spiro atoms. The number of hydrogen-bond donors (Lipinski definition) is 0. The monoisotopic (exact) mass is 338 g/mol. The normalized spacial score (nSPS) is 11.4.